The predicted octanol–water partition coefficient (Wildman–Crippen LogP) is 2.70. The summed E-state index contributed by atoms with van der Waals surface area (Å²) < 4.78 is 11.5. The Hall–Kier alpha value is -1.95. The van der Waals surface area contributed by atoms with Gasteiger partial charge in [-0.05, 0) is 19.4 Å². The van der Waals surface area contributed by atoms with Crippen LogP contribution in [-0.2, 0) is 11.2 Å². The molecule has 1 saturated heterocycles. The van der Waals surface area contributed by atoms with E-state index in [1.54, 1.807) is 0 Å². The highest BCUT2D eigenvalue weighted by Gasteiger charge is 2.35. The number of rotatable bonds is 3. The van der Waals surface area contributed by atoms with Crippen LogP contribution in [0, 0.1) is 0 Å². The molecule has 2 aromatic heterocycles. The molecule has 0 bridgehead atoms. The van der Waals surface area contributed by atoms with E-state index >= 15 is 0 Å². The molecule has 2 aliphatic rings. The van der Waals surface area contributed by atoms with E-state index in [0.717, 1.165) is 47.9 Å². The summed E-state index contributed by atoms with van der Waals surface area (Å²) >= 11 is 0. The Morgan fingerprint density at radius 3 is 2.62 bits per heavy atom. The van der Waals surface area contributed by atoms with E-state index in [1.165, 1.54) is 0 Å². The van der Waals surface area contributed by atoms with Gasteiger partial charge in [0.2, 0.25) is 5.88 Å². The molecule has 4 rings (SSSR count). The van der Waals surface area contributed by atoms with Crippen molar-refractivity contribution >= 4 is 16.7 Å². The minimum atomic E-state index is 0.219. The van der Waals surface area contributed by atoms with Crippen molar-refractivity contribution in [2.75, 3.05) is 24.7 Å². The molecule has 128 valence electrons. The molecule has 0 N–H and O–H groups in total. The number of pyridine rings is 1. The lowest BCUT2D eigenvalue weighted by atomic mass is 10.1. The van der Waals surface area contributed by atoms with E-state index in [1.807, 2.05) is 0 Å². The van der Waals surface area contributed by atoms with E-state index in [9.17, 15) is 0 Å². The monoisotopic (exact) mass is 328 g/mol. The molecule has 0 aromatic carbocycles. The zero-order valence-corrected chi connectivity index (χ0v) is 14.7. The molecular weight excluding hydrogens is 304 g/mol. The Bertz CT molecular complexity index is 773. The first kappa shape index (κ1) is 15.6. The van der Waals surface area contributed by atoms with Crippen LogP contribution in [0.2, 0.25) is 0 Å². The summed E-state index contributed by atoms with van der Waals surface area (Å²) in [6.45, 7) is 10.6. The van der Waals surface area contributed by atoms with E-state index < -0.39 is 0 Å². The molecule has 1 fully saturated rings. The van der Waals surface area contributed by atoms with E-state index in [-0.39, 0.29) is 12.0 Å². The molecule has 6 nitrogen and oxygen atoms in total. The summed E-state index contributed by atoms with van der Waals surface area (Å²) in [6.07, 6.45) is 0.860. The molecule has 2 aromatic rings. The SMILES string of the molecule is CCc1cc2nc(C(C)C)nc3c2c(n1)OC[C@H](C)N3C1COC1. The average Bonchev–Trinajstić information content (AvgIpc) is 2.65. The quantitative estimate of drug-likeness (QED) is 0.863. The summed E-state index contributed by atoms with van der Waals surface area (Å²) in [4.78, 5) is 16.8. The number of hydrogen-bond donors (Lipinski definition) is 0. The lowest BCUT2D eigenvalue weighted by molar-refractivity contribution is 0.00384. The van der Waals surface area contributed by atoms with Gasteiger partial charge < -0.3 is 14.4 Å². The lowest BCUT2D eigenvalue weighted by Crippen LogP contribution is -2.54. The molecule has 2 aliphatic heterocycles. The third kappa shape index (κ3) is 2.40. The average molecular weight is 328 g/mol. The number of nitrogens with zero attached hydrogens (tertiary/aromatic N) is 4. The Balaban J connectivity index is 1.99. The van der Waals surface area contributed by atoms with Crippen LogP contribution >= 0.6 is 0 Å². The van der Waals surface area contributed by atoms with Crippen LogP contribution in [0.4, 0.5) is 5.82 Å². The third-order valence-electron chi connectivity index (χ3n) is 4.77. The summed E-state index contributed by atoms with van der Waals surface area (Å²) in [5, 5.41) is 0.938. The van der Waals surface area contributed by atoms with E-state index in [0.29, 0.717) is 18.5 Å². The van der Waals surface area contributed by atoms with E-state index in [4.69, 9.17) is 24.4 Å². The number of aromatic nitrogens is 3. The molecule has 24 heavy (non-hydrogen) atoms. The molecule has 0 amide bonds. The normalized spacial score (nSPS) is 20.9. The molecular formula is C18H24N4O2. The summed E-state index contributed by atoms with van der Waals surface area (Å²) in [7, 11) is 0. The van der Waals surface area contributed by atoms with Crippen molar-refractivity contribution in [1.29, 1.82) is 0 Å². The molecule has 1 atom stereocenters. The first-order valence-corrected chi connectivity index (χ1v) is 8.79. The zero-order chi connectivity index (χ0) is 16.8. The smallest absolute Gasteiger partial charge is 0.227 e. The minimum absolute atomic E-state index is 0.219. The fourth-order valence-corrected chi connectivity index (χ4v) is 3.31. The zero-order valence-electron chi connectivity index (χ0n) is 14.7. The van der Waals surface area contributed by atoms with Crippen LogP contribution in [0.1, 0.15) is 45.1 Å². The summed E-state index contributed by atoms with van der Waals surface area (Å²) in [6, 6.07) is 2.64. The van der Waals surface area contributed by atoms with Crippen molar-refractivity contribution in [3.63, 3.8) is 0 Å². The highest BCUT2D eigenvalue weighted by molar-refractivity contribution is 5.94. The minimum Gasteiger partial charge on any atom is -0.475 e. The first-order chi connectivity index (χ1) is 11.6. The van der Waals surface area contributed by atoms with Gasteiger partial charge in [0, 0.05) is 11.6 Å². The van der Waals surface area contributed by atoms with Gasteiger partial charge in [-0.1, -0.05) is 20.8 Å². The number of ether oxygens (including phenoxy) is 2. The summed E-state index contributed by atoms with van der Waals surface area (Å²) in [5.41, 5.74) is 1.94. The highest BCUT2D eigenvalue weighted by Crippen LogP contribution is 2.38. The molecule has 0 unspecified atom stereocenters. The van der Waals surface area contributed by atoms with Crippen LogP contribution in [0.25, 0.3) is 10.9 Å². The number of anilines is 1. The first-order valence-electron chi connectivity index (χ1n) is 8.79. The van der Waals surface area contributed by atoms with Gasteiger partial charge in [0.1, 0.15) is 23.6 Å². The van der Waals surface area contributed by atoms with Gasteiger partial charge in [-0.3, -0.25) is 0 Å². The topological polar surface area (TPSA) is 60.4 Å². The van der Waals surface area contributed by atoms with Crippen LogP contribution in [-0.4, -0.2) is 46.9 Å². The van der Waals surface area contributed by atoms with Gasteiger partial charge in [0.15, 0.2) is 0 Å². The second kappa shape index (κ2) is 5.84. The fraction of sp³-hybridized carbons (Fsp3) is 0.611. The van der Waals surface area contributed by atoms with Crippen LogP contribution in [0.3, 0.4) is 0 Å². The van der Waals surface area contributed by atoms with Crippen molar-refractivity contribution in [1.82, 2.24) is 15.0 Å². The fourth-order valence-electron chi connectivity index (χ4n) is 3.31. The van der Waals surface area contributed by atoms with Gasteiger partial charge in [0.05, 0.1) is 30.8 Å². The van der Waals surface area contributed by atoms with Gasteiger partial charge in [-0.25, -0.2) is 15.0 Å². The van der Waals surface area contributed by atoms with Crippen LogP contribution < -0.4 is 9.64 Å². The molecule has 0 radical (unpaired) electrons. The van der Waals surface area contributed by atoms with Gasteiger partial charge >= 0.3 is 0 Å². The van der Waals surface area contributed by atoms with Crippen molar-refractivity contribution in [2.45, 2.75) is 52.1 Å². The largest absolute Gasteiger partial charge is 0.475 e. The molecule has 0 saturated carbocycles. The van der Waals surface area contributed by atoms with E-state index in [2.05, 4.69) is 38.7 Å². The Kier molecular flexibility index (Phi) is 3.79. The van der Waals surface area contributed by atoms with Gasteiger partial charge in [-0.2, -0.15) is 0 Å². The highest BCUT2D eigenvalue weighted by atomic mass is 16.5. The standard InChI is InChI=1S/C18H24N4O2/c1-5-12-6-14-15-17(21-16(20-14)10(2)3)22(13-8-23-9-13)11(4)7-24-18(15)19-12/h6,10-11,13H,5,7-9H2,1-4H3/t11-/m0/s1. The second-order valence-electron chi connectivity index (χ2n) is 6.99. The molecule has 0 spiro atoms. The van der Waals surface area contributed by atoms with Gasteiger partial charge in [0.25, 0.3) is 0 Å². The number of aryl methyl sites for hydroxylation is 1. The Labute approximate surface area is 142 Å². The molecule has 4 heterocycles. The second-order valence-corrected chi connectivity index (χ2v) is 6.99. The van der Waals surface area contributed by atoms with Crippen LogP contribution in [0.15, 0.2) is 6.07 Å². The predicted molar refractivity (Wildman–Crippen MR) is 92.8 cm³/mol. The van der Waals surface area contributed by atoms with Crippen molar-refractivity contribution < 1.29 is 9.47 Å². The molecule has 0 aliphatic carbocycles. The maximum Gasteiger partial charge on any atom is 0.227 e. The van der Waals surface area contributed by atoms with Crippen molar-refractivity contribution in [2.24, 2.45) is 0 Å². The Morgan fingerprint density at radius 1 is 1.21 bits per heavy atom. The Morgan fingerprint density at radius 2 is 2.00 bits per heavy atom. The molecule has 6 heteroatoms. The maximum absolute atomic E-state index is 6.05. The van der Waals surface area contributed by atoms with Crippen molar-refractivity contribution in [3.05, 3.63) is 17.6 Å². The maximum atomic E-state index is 6.05. The van der Waals surface area contributed by atoms with Gasteiger partial charge in [-0.15, -0.1) is 0 Å². The number of hydrogen-bond acceptors (Lipinski definition) is 6. The third-order valence-corrected chi connectivity index (χ3v) is 4.77. The summed E-state index contributed by atoms with van der Waals surface area (Å²) in [5.74, 6) is 2.76. The lowest BCUT2D eigenvalue weighted by Gasteiger charge is -2.41. The van der Waals surface area contributed by atoms with Crippen LogP contribution in [0.5, 0.6) is 5.88 Å². The van der Waals surface area contributed by atoms with Crippen molar-refractivity contribution in [3.8, 4) is 5.88 Å².